The molecule has 0 spiro atoms. The van der Waals surface area contributed by atoms with Gasteiger partial charge in [0.2, 0.25) is 11.8 Å². The van der Waals surface area contributed by atoms with E-state index in [1.54, 1.807) is 0 Å². The summed E-state index contributed by atoms with van der Waals surface area (Å²) in [5, 5.41) is 16.7. The molecular weight excluding hydrogens is 520 g/mol. The Kier molecular flexibility index (Phi) is 25.6. The minimum atomic E-state index is -0.321. The second-order valence-electron chi connectivity index (χ2n) is 14.4. The molecule has 0 aliphatic heterocycles. The molecule has 0 aliphatic rings. The van der Waals surface area contributed by atoms with Gasteiger partial charge in [0.05, 0.1) is 6.10 Å². The summed E-state index contributed by atoms with van der Waals surface area (Å²) in [5.74, 6) is 0.365. The highest BCUT2D eigenvalue weighted by molar-refractivity contribution is 5.82. The number of hydrogen-bond donors (Lipinski definition) is 3. The summed E-state index contributed by atoms with van der Waals surface area (Å²) in [6.45, 7) is 14.3. The fraction of sp³-hybridized carbons (Fsp3) is 0.946. The van der Waals surface area contributed by atoms with E-state index in [4.69, 9.17) is 0 Å². The molecule has 42 heavy (non-hydrogen) atoms. The number of nitrogens with one attached hydrogen (secondary N) is 2. The second-order valence-corrected chi connectivity index (χ2v) is 14.4. The quantitative estimate of drug-likeness (QED) is 0.0724. The first kappa shape index (κ1) is 40.9. The van der Waals surface area contributed by atoms with E-state index < -0.39 is 0 Å². The maximum Gasteiger partial charge on any atom is 0.225 e. The number of carbonyl (C=O) groups is 2. The van der Waals surface area contributed by atoms with Gasteiger partial charge in [0.15, 0.2) is 0 Å². The fourth-order valence-electron chi connectivity index (χ4n) is 5.67. The topological polar surface area (TPSA) is 78.4 Å². The molecule has 0 saturated carbocycles. The minimum Gasteiger partial charge on any atom is -0.393 e. The zero-order valence-corrected chi connectivity index (χ0v) is 29.2. The van der Waals surface area contributed by atoms with Crippen LogP contribution in [0.5, 0.6) is 0 Å². The third kappa shape index (κ3) is 23.4. The van der Waals surface area contributed by atoms with Crippen LogP contribution in [-0.2, 0) is 9.59 Å². The molecular formula is C37H74N2O3. The fourth-order valence-corrected chi connectivity index (χ4v) is 5.67. The summed E-state index contributed by atoms with van der Waals surface area (Å²) < 4.78 is 0. The predicted octanol–water partition coefficient (Wildman–Crippen LogP) is 10.0. The third-order valence-corrected chi connectivity index (χ3v) is 9.04. The molecule has 0 saturated heterocycles. The van der Waals surface area contributed by atoms with E-state index in [1.807, 2.05) is 0 Å². The van der Waals surface area contributed by atoms with Crippen molar-refractivity contribution < 1.29 is 14.7 Å². The van der Waals surface area contributed by atoms with Gasteiger partial charge < -0.3 is 15.7 Å². The number of unbranched alkanes of at least 4 members (excludes halogenated alkanes) is 16. The summed E-state index contributed by atoms with van der Waals surface area (Å²) in [6, 6.07) is 0. The molecule has 0 fully saturated rings. The number of carbonyl (C=O) groups excluding carboxylic acids is 2. The Morgan fingerprint density at radius 3 is 1.17 bits per heavy atom. The van der Waals surface area contributed by atoms with E-state index >= 15 is 0 Å². The van der Waals surface area contributed by atoms with Crippen LogP contribution in [0.3, 0.4) is 0 Å². The van der Waals surface area contributed by atoms with Crippen molar-refractivity contribution in [2.75, 3.05) is 13.1 Å². The molecule has 0 aromatic rings. The van der Waals surface area contributed by atoms with Crippen LogP contribution >= 0.6 is 0 Å². The van der Waals surface area contributed by atoms with Crippen LogP contribution in [0.2, 0.25) is 0 Å². The van der Waals surface area contributed by atoms with Crippen LogP contribution in [0.4, 0.5) is 0 Å². The first-order valence-corrected chi connectivity index (χ1v) is 18.3. The summed E-state index contributed by atoms with van der Waals surface area (Å²) in [7, 11) is 0. The average molecular weight is 595 g/mol. The SMILES string of the molecule is CCCCCCCCCNC(=O)C(C)(C)CCCCCC(O)CCCCCC(C)(C)C(=O)NCCCCCCCCC. The van der Waals surface area contributed by atoms with E-state index in [0.717, 1.165) is 90.1 Å². The molecule has 5 nitrogen and oxygen atoms in total. The number of hydrogen-bond acceptors (Lipinski definition) is 3. The van der Waals surface area contributed by atoms with Crippen molar-refractivity contribution >= 4 is 11.8 Å². The van der Waals surface area contributed by atoms with Gasteiger partial charge in [-0.15, -0.1) is 0 Å². The van der Waals surface area contributed by atoms with Crippen LogP contribution in [-0.4, -0.2) is 36.1 Å². The molecule has 2 amide bonds. The Morgan fingerprint density at radius 2 is 0.810 bits per heavy atom. The maximum atomic E-state index is 12.6. The van der Waals surface area contributed by atoms with Crippen molar-refractivity contribution in [3.8, 4) is 0 Å². The lowest BCUT2D eigenvalue weighted by Crippen LogP contribution is -2.37. The number of aliphatic hydroxyl groups excluding tert-OH is 1. The van der Waals surface area contributed by atoms with Gasteiger partial charge in [-0.1, -0.05) is 157 Å². The lowest BCUT2D eigenvalue weighted by molar-refractivity contribution is -0.130. The standard InChI is InChI=1S/C37H74N2O3/c1-7-9-11-13-15-17-25-31-38-34(41)36(3,4)29-23-19-21-27-33(40)28-22-20-24-30-37(5,6)35(42)39-32-26-18-16-14-12-10-8-2/h33,40H,7-32H2,1-6H3,(H,38,41)(H,39,42). The number of aliphatic hydroxyl groups is 1. The van der Waals surface area contributed by atoms with Gasteiger partial charge in [-0.25, -0.2) is 0 Å². The zero-order valence-electron chi connectivity index (χ0n) is 29.2. The van der Waals surface area contributed by atoms with Gasteiger partial charge in [-0.05, 0) is 38.5 Å². The van der Waals surface area contributed by atoms with Crippen molar-refractivity contribution in [3.05, 3.63) is 0 Å². The predicted molar refractivity (Wildman–Crippen MR) is 182 cm³/mol. The van der Waals surface area contributed by atoms with E-state index in [9.17, 15) is 14.7 Å². The van der Waals surface area contributed by atoms with Crippen molar-refractivity contribution in [1.82, 2.24) is 10.6 Å². The summed E-state index contributed by atoms with van der Waals surface area (Å²) in [5.41, 5.74) is -0.642. The first-order valence-electron chi connectivity index (χ1n) is 18.3. The Bertz CT molecular complexity index is 593. The zero-order chi connectivity index (χ0) is 31.5. The minimum absolute atomic E-state index is 0.183. The van der Waals surface area contributed by atoms with Crippen LogP contribution in [0.25, 0.3) is 0 Å². The van der Waals surface area contributed by atoms with Gasteiger partial charge >= 0.3 is 0 Å². The van der Waals surface area contributed by atoms with E-state index in [1.165, 1.54) is 77.0 Å². The summed E-state index contributed by atoms with van der Waals surface area (Å²) in [6.07, 6.45) is 27.2. The molecule has 0 bridgehead atoms. The monoisotopic (exact) mass is 595 g/mol. The van der Waals surface area contributed by atoms with E-state index in [-0.39, 0.29) is 28.7 Å². The molecule has 0 aliphatic carbocycles. The van der Waals surface area contributed by atoms with Crippen molar-refractivity contribution in [2.24, 2.45) is 10.8 Å². The van der Waals surface area contributed by atoms with Gasteiger partial charge in [-0.3, -0.25) is 9.59 Å². The second kappa shape index (κ2) is 26.3. The lowest BCUT2D eigenvalue weighted by Gasteiger charge is -2.24. The van der Waals surface area contributed by atoms with Gasteiger partial charge in [0.1, 0.15) is 0 Å². The summed E-state index contributed by atoms with van der Waals surface area (Å²) in [4.78, 5) is 25.2. The first-order chi connectivity index (χ1) is 20.1. The smallest absolute Gasteiger partial charge is 0.225 e. The average Bonchev–Trinajstić information content (AvgIpc) is 2.95. The molecule has 0 unspecified atom stereocenters. The number of amides is 2. The lowest BCUT2D eigenvalue weighted by atomic mass is 9.85. The molecule has 0 aromatic heterocycles. The highest BCUT2D eigenvalue weighted by atomic mass is 16.3. The van der Waals surface area contributed by atoms with Crippen molar-refractivity contribution in [3.63, 3.8) is 0 Å². The van der Waals surface area contributed by atoms with Crippen LogP contribution < -0.4 is 10.6 Å². The Labute approximate surface area is 262 Å². The van der Waals surface area contributed by atoms with Crippen LogP contribution in [0.1, 0.15) is 196 Å². The highest BCUT2D eigenvalue weighted by Crippen LogP contribution is 2.26. The maximum absolute atomic E-state index is 12.6. The molecule has 3 N–H and O–H groups in total. The highest BCUT2D eigenvalue weighted by Gasteiger charge is 2.27. The van der Waals surface area contributed by atoms with Crippen LogP contribution in [0, 0.1) is 10.8 Å². The summed E-state index contributed by atoms with van der Waals surface area (Å²) >= 11 is 0. The van der Waals surface area contributed by atoms with Gasteiger partial charge in [-0.2, -0.15) is 0 Å². The van der Waals surface area contributed by atoms with E-state index in [2.05, 4.69) is 52.2 Å². The van der Waals surface area contributed by atoms with Crippen molar-refractivity contribution in [1.29, 1.82) is 0 Å². The third-order valence-electron chi connectivity index (χ3n) is 9.04. The molecule has 0 radical (unpaired) electrons. The Balaban J connectivity index is 3.79. The van der Waals surface area contributed by atoms with Gasteiger partial charge in [0.25, 0.3) is 0 Å². The Hall–Kier alpha value is -1.10. The molecule has 0 aromatic carbocycles. The molecule has 0 rings (SSSR count). The molecule has 0 heterocycles. The normalized spacial score (nSPS) is 12.2. The van der Waals surface area contributed by atoms with Crippen molar-refractivity contribution in [2.45, 2.75) is 202 Å². The van der Waals surface area contributed by atoms with E-state index in [0.29, 0.717) is 0 Å². The molecule has 0 atom stereocenters. The van der Waals surface area contributed by atoms with Crippen LogP contribution in [0.15, 0.2) is 0 Å². The molecule has 5 heteroatoms. The molecule has 250 valence electrons. The Morgan fingerprint density at radius 1 is 0.500 bits per heavy atom. The largest absolute Gasteiger partial charge is 0.393 e. The van der Waals surface area contributed by atoms with Gasteiger partial charge in [0, 0.05) is 23.9 Å². The number of rotatable bonds is 30.